The summed E-state index contributed by atoms with van der Waals surface area (Å²) in [7, 11) is 0. The van der Waals surface area contributed by atoms with E-state index in [1.165, 1.54) is 11.3 Å². The van der Waals surface area contributed by atoms with Crippen LogP contribution >= 0.6 is 11.3 Å². The quantitative estimate of drug-likeness (QED) is 0.718. The molecule has 0 saturated carbocycles. The van der Waals surface area contributed by atoms with E-state index < -0.39 is 0 Å². The van der Waals surface area contributed by atoms with Crippen molar-refractivity contribution in [1.29, 1.82) is 5.26 Å². The summed E-state index contributed by atoms with van der Waals surface area (Å²) < 4.78 is 2.91. The van der Waals surface area contributed by atoms with Crippen LogP contribution in [-0.4, -0.2) is 38.7 Å². The predicted molar refractivity (Wildman–Crippen MR) is 100 cm³/mol. The minimum atomic E-state index is -0.155. The minimum absolute atomic E-state index is 0.0637. The second-order valence-electron chi connectivity index (χ2n) is 6.31. The van der Waals surface area contributed by atoms with Gasteiger partial charge in [-0.3, -0.25) is 9.48 Å². The molecule has 0 aliphatic carbocycles. The number of carbonyl (C=O) groups excluding carboxylic acids is 1. The molecule has 3 heterocycles. The van der Waals surface area contributed by atoms with Gasteiger partial charge in [-0.05, 0) is 31.0 Å². The first-order valence-corrected chi connectivity index (χ1v) is 9.37. The van der Waals surface area contributed by atoms with E-state index in [-0.39, 0.29) is 11.8 Å². The molecule has 1 aliphatic heterocycles. The normalized spacial score (nSPS) is 16.8. The summed E-state index contributed by atoms with van der Waals surface area (Å²) in [5, 5.41) is 16.7. The topological polar surface area (TPSA) is 86.8 Å². The van der Waals surface area contributed by atoms with Crippen molar-refractivity contribution in [2.24, 2.45) is 5.92 Å². The molecule has 0 bridgehead atoms. The van der Waals surface area contributed by atoms with E-state index in [1.807, 2.05) is 29.2 Å². The van der Waals surface area contributed by atoms with Gasteiger partial charge in [0, 0.05) is 31.4 Å². The predicted octanol–water partition coefficient (Wildman–Crippen LogP) is 2.92. The third-order valence-electron chi connectivity index (χ3n) is 4.61. The van der Waals surface area contributed by atoms with Gasteiger partial charge < -0.3 is 10.2 Å². The number of rotatable bonds is 4. The summed E-state index contributed by atoms with van der Waals surface area (Å²) in [6, 6.07) is 6.06. The van der Waals surface area contributed by atoms with E-state index in [2.05, 4.69) is 34.6 Å². The molecule has 1 N–H and O–H groups in total. The van der Waals surface area contributed by atoms with Crippen molar-refractivity contribution < 1.29 is 4.79 Å². The Hall–Kier alpha value is -2.92. The van der Waals surface area contributed by atoms with Gasteiger partial charge in [-0.15, -0.1) is 0 Å². The Morgan fingerprint density at radius 2 is 2.35 bits per heavy atom. The van der Waals surface area contributed by atoms with E-state index >= 15 is 0 Å². The number of nitriles is 1. The zero-order valence-electron chi connectivity index (χ0n) is 14.3. The molecular formula is C18H18N6OS. The van der Waals surface area contributed by atoms with E-state index in [1.54, 1.807) is 4.90 Å². The first-order valence-electron chi connectivity index (χ1n) is 8.55. The third-order valence-corrected chi connectivity index (χ3v) is 5.54. The average Bonchev–Trinajstić information content (AvgIpc) is 3.38. The number of hydrogen-bond acceptors (Lipinski definition) is 6. The van der Waals surface area contributed by atoms with Gasteiger partial charge >= 0.3 is 0 Å². The van der Waals surface area contributed by atoms with Crippen molar-refractivity contribution in [3.05, 3.63) is 30.6 Å². The zero-order valence-corrected chi connectivity index (χ0v) is 15.2. The smallest absolute Gasteiger partial charge is 0.231 e. The Morgan fingerprint density at radius 1 is 1.46 bits per heavy atom. The Balaban J connectivity index is 1.52. The number of aromatic nitrogens is 3. The highest BCUT2D eigenvalue weighted by Gasteiger charge is 2.28. The van der Waals surface area contributed by atoms with E-state index in [4.69, 9.17) is 5.26 Å². The molecular weight excluding hydrogens is 348 g/mol. The lowest BCUT2D eigenvalue weighted by molar-refractivity contribution is -0.119. The molecule has 7 nitrogen and oxygen atoms in total. The fraction of sp³-hybridized carbons (Fsp3) is 0.333. The summed E-state index contributed by atoms with van der Waals surface area (Å²) in [4.78, 5) is 18.5. The molecule has 0 unspecified atom stereocenters. The Labute approximate surface area is 154 Å². The van der Waals surface area contributed by atoms with Crippen molar-refractivity contribution >= 4 is 32.6 Å². The molecule has 0 spiro atoms. The van der Waals surface area contributed by atoms with Crippen LogP contribution in [-0.2, 0) is 11.3 Å². The van der Waals surface area contributed by atoms with Gasteiger partial charge in [0.05, 0.1) is 22.3 Å². The van der Waals surface area contributed by atoms with Gasteiger partial charge in [0.15, 0.2) is 11.3 Å². The molecule has 1 atom stereocenters. The largest absolute Gasteiger partial charge is 0.310 e. The lowest BCUT2D eigenvalue weighted by Crippen LogP contribution is -2.25. The maximum atomic E-state index is 12.4. The highest BCUT2D eigenvalue weighted by atomic mass is 32.1. The maximum absolute atomic E-state index is 12.4. The number of amides is 1. The van der Waals surface area contributed by atoms with Gasteiger partial charge in [0.2, 0.25) is 5.91 Å². The fourth-order valence-electron chi connectivity index (χ4n) is 3.12. The van der Waals surface area contributed by atoms with Gasteiger partial charge in [-0.1, -0.05) is 17.4 Å². The molecule has 1 amide bonds. The number of likely N-dealkylation sites (tertiary alicyclic amines) is 1. The minimum Gasteiger partial charge on any atom is -0.310 e. The van der Waals surface area contributed by atoms with Crippen molar-refractivity contribution in [2.75, 3.05) is 18.4 Å². The number of hydrogen-bond donors (Lipinski definition) is 1. The standard InChI is InChI=1S/C18H18N6OS/c1-2-24-10-14(8-20-24)12-3-4-15-16(7-12)26-18(21-15)22-17(25)13-5-6-23(9-13)11-19/h3-4,7-8,10,13H,2,5-6,9H2,1H3,(H,21,22,25)/t13-/m1/s1. The number of carbonyl (C=O) groups is 1. The molecule has 8 heteroatoms. The number of nitrogens with one attached hydrogen (secondary N) is 1. The summed E-state index contributed by atoms with van der Waals surface area (Å²) in [6.45, 7) is 4.02. The lowest BCUT2D eigenvalue weighted by Gasteiger charge is -2.08. The molecule has 26 heavy (non-hydrogen) atoms. The highest BCUT2D eigenvalue weighted by molar-refractivity contribution is 7.22. The van der Waals surface area contributed by atoms with Crippen LogP contribution in [0.2, 0.25) is 0 Å². The Morgan fingerprint density at radius 3 is 3.08 bits per heavy atom. The summed E-state index contributed by atoms with van der Waals surface area (Å²) >= 11 is 1.46. The number of aryl methyl sites for hydroxylation is 1. The highest BCUT2D eigenvalue weighted by Crippen LogP contribution is 2.31. The fourth-order valence-corrected chi connectivity index (χ4v) is 4.02. The third kappa shape index (κ3) is 3.13. The van der Waals surface area contributed by atoms with Crippen LogP contribution in [0.5, 0.6) is 0 Å². The van der Waals surface area contributed by atoms with Crippen LogP contribution in [0.25, 0.3) is 21.3 Å². The summed E-state index contributed by atoms with van der Waals surface area (Å²) in [5.74, 6) is -0.219. The second kappa shape index (κ2) is 6.77. The average molecular weight is 366 g/mol. The molecule has 132 valence electrons. The number of nitrogens with zero attached hydrogens (tertiary/aromatic N) is 5. The van der Waals surface area contributed by atoms with Crippen LogP contribution < -0.4 is 5.32 Å². The Bertz CT molecular complexity index is 1000. The van der Waals surface area contributed by atoms with Crippen molar-refractivity contribution in [3.63, 3.8) is 0 Å². The summed E-state index contributed by atoms with van der Waals surface area (Å²) in [5.41, 5.74) is 3.01. The first-order chi connectivity index (χ1) is 12.7. The molecule has 2 aromatic heterocycles. The number of benzene rings is 1. The SMILES string of the molecule is CCn1cc(-c2ccc3nc(NC(=O)[C@@H]4CCN(C#N)C4)sc3c2)cn1. The number of thiazole rings is 1. The molecule has 1 fully saturated rings. The van der Waals surface area contributed by atoms with Crippen molar-refractivity contribution in [2.45, 2.75) is 19.9 Å². The van der Waals surface area contributed by atoms with Gasteiger partial charge in [0.1, 0.15) is 0 Å². The van der Waals surface area contributed by atoms with Crippen molar-refractivity contribution in [1.82, 2.24) is 19.7 Å². The molecule has 0 radical (unpaired) electrons. The van der Waals surface area contributed by atoms with E-state index in [0.717, 1.165) is 27.9 Å². The van der Waals surface area contributed by atoms with Crippen molar-refractivity contribution in [3.8, 4) is 17.3 Å². The lowest BCUT2D eigenvalue weighted by atomic mass is 10.1. The maximum Gasteiger partial charge on any atom is 0.231 e. The van der Waals surface area contributed by atoms with Crippen LogP contribution in [0, 0.1) is 17.4 Å². The molecule has 1 aliphatic rings. The first kappa shape index (κ1) is 16.5. The molecule has 1 aromatic carbocycles. The van der Waals surface area contributed by atoms with E-state index in [9.17, 15) is 4.79 Å². The van der Waals surface area contributed by atoms with Crippen LogP contribution in [0.1, 0.15) is 13.3 Å². The number of fused-ring (bicyclic) bond motifs is 1. The molecule has 3 aromatic rings. The van der Waals surface area contributed by atoms with Crippen LogP contribution in [0.15, 0.2) is 30.6 Å². The zero-order chi connectivity index (χ0) is 18.1. The molecule has 1 saturated heterocycles. The van der Waals surface area contributed by atoms with Crippen LogP contribution in [0.4, 0.5) is 5.13 Å². The van der Waals surface area contributed by atoms with Crippen LogP contribution in [0.3, 0.4) is 0 Å². The Kier molecular flexibility index (Phi) is 4.31. The number of anilines is 1. The molecule has 4 rings (SSSR count). The van der Waals surface area contributed by atoms with Gasteiger partial charge in [0.25, 0.3) is 0 Å². The van der Waals surface area contributed by atoms with E-state index in [0.29, 0.717) is 24.6 Å². The monoisotopic (exact) mass is 366 g/mol. The van der Waals surface area contributed by atoms with Gasteiger partial charge in [-0.25, -0.2) is 4.98 Å². The summed E-state index contributed by atoms with van der Waals surface area (Å²) in [6.07, 6.45) is 6.68. The van der Waals surface area contributed by atoms with Gasteiger partial charge in [-0.2, -0.15) is 10.4 Å². The second-order valence-corrected chi connectivity index (χ2v) is 7.34.